The summed E-state index contributed by atoms with van der Waals surface area (Å²) in [4.78, 5) is 0. The minimum absolute atomic E-state index is 0.232. The van der Waals surface area contributed by atoms with E-state index in [-0.39, 0.29) is 5.04 Å². The van der Waals surface area contributed by atoms with Crippen LogP contribution in [-0.4, -0.2) is 26.1 Å². The van der Waals surface area contributed by atoms with Gasteiger partial charge in [-0.15, -0.1) is 0 Å². The molecule has 0 fully saturated rings. The van der Waals surface area contributed by atoms with Crippen molar-refractivity contribution in [3.8, 4) is 0 Å². The van der Waals surface area contributed by atoms with Crippen molar-refractivity contribution in [1.29, 1.82) is 0 Å². The van der Waals surface area contributed by atoms with E-state index in [2.05, 4.69) is 39.9 Å². The van der Waals surface area contributed by atoms with Gasteiger partial charge in [-0.2, -0.15) is 0 Å². The van der Waals surface area contributed by atoms with Crippen molar-refractivity contribution in [2.75, 3.05) is 6.61 Å². The van der Waals surface area contributed by atoms with Gasteiger partial charge in [-0.25, -0.2) is 0 Å². The van der Waals surface area contributed by atoms with E-state index in [1.807, 2.05) is 26.8 Å². The lowest BCUT2D eigenvalue weighted by molar-refractivity contribution is 0.212. The molecule has 0 aliphatic carbocycles. The molecule has 0 aliphatic rings. The maximum Gasteiger partial charge on any atom is 0.192 e. The van der Waals surface area contributed by atoms with Crippen molar-refractivity contribution in [3.63, 3.8) is 0 Å². The van der Waals surface area contributed by atoms with Crippen LogP contribution in [0.4, 0.5) is 0 Å². The largest absolute Gasteiger partial charge is 0.413 e. The standard InChI is InChI=1S/C16H32O2Si/c1-13(2)9-10-15(17)14(3)11-12-18-19(7,8)16(4,5)6/h9,11,15,17H,10,12H2,1-8H3/b14-11+. The number of rotatable bonds is 6. The minimum atomic E-state index is -1.68. The van der Waals surface area contributed by atoms with Gasteiger partial charge in [0.05, 0.1) is 12.7 Å². The monoisotopic (exact) mass is 284 g/mol. The lowest BCUT2D eigenvalue weighted by Crippen LogP contribution is -2.40. The zero-order chi connectivity index (χ0) is 15.3. The third-order valence-corrected chi connectivity index (χ3v) is 8.43. The van der Waals surface area contributed by atoms with Crippen LogP contribution >= 0.6 is 0 Å². The lowest BCUT2D eigenvalue weighted by atomic mass is 10.1. The number of hydrogen-bond acceptors (Lipinski definition) is 2. The molecule has 3 heteroatoms. The first kappa shape index (κ1) is 18.6. The Hall–Kier alpha value is -0.383. The molecular formula is C16H32O2Si. The molecule has 0 heterocycles. The highest BCUT2D eigenvalue weighted by atomic mass is 28.4. The van der Waals surface area contributed by atoms with Gasteiger partial charge < -0.3 is 9.53 Å². The van der Waals surface area contributed by atoms with Crippen LogP contribution in [0, 0.1) is 0 Å². The summed E-state index contributed by atoms with van der Waals surface area (Å²) in [6, 6.07) is 0. The Morgan fingerprint density at radius 2 is 1.68 bits per heavy atom. The molecule has 0 amide bonds. The van der Waals surface area contributed by atoms with E-state index >= 15 is 0 Å². The van der Waals surface area contributed by atoms with Gasteiger partial charge in [-0.05, 0) is 50.9 Å². The third-order valence-electron chi connectivity index (χ3n) is 3.93. The molecule has 0 bridgehead atoms. The Kier molecular flexibility index (Phi) is 7.26. The molecule has 0 aromatic heterocycles. The quantitative estimate of drug-likeness (QED) is 0.567. The molecule has 0 rings (SSSR count). The summed E-state index contributed by atoms with van der Waals surface area (Å²) in [6.07, 6.45) is 4.38. The number of aliphatic hydroxyl groups excluding tert-OH is 1. The zero-order valence-electron chi connectivity index (χ0n) is 14.0. The first-order chi connectivity index (χ1) is 8.47. The van der Waals surface area contributed by atoms with Gasteiger partial charge in [-0.1, -0.05) is 38.5 Å². The Morgan fingerprint density at radius 3 is 2.11 bits per heavy atom. The predicted molar refractivity (Wildman–Crippen MR) is 87.0 cm³/mol. The van der Waals surface area contributed by atoms with Crippen LogP contribution in [0.25, 0.3) is 0 Å². The smallest absolute Gasteiger partial charge is 0.192 e. The highest BCUT2D eigenvalue weighted by Gasteiger charge is 2.36. The molecule has 0 saturated carbocycles. The van der Waals surface area contributed by atoms with Gasteiger partial charge in [0.1, 0.15) is 0 Å². The third kappa shape index (κ3) is 7.09. The van der Waals surface area contributed by atoms with Crippen molar-refractivity contribution in [1.82, 2.24) is 0 Å². The Balaban J connectivity index is 4.38. The van der Waals surface area contributed by atoms with E-state index in [9.17, 15) is 5.11 Å². The molecule has 0 spiro atoms. The van der Waals surface area contributed by atoms with Gasteiger partial charge in [0.15, 0.2) is 8.32 Å². The summed E-state index contributed by atoms with van der Waals surface area (Å²) in [5, 5.41) is 10.2. The number of hydrogen-bond donors (Lipinski definition) is 1. The molecule has 0 aromatic carbocycles. The normalized spacial score (nSPS) is 15.3. The Bertz CT molecular complexity index is 331. The second-order valence-corrected chi connectivity index (χ2v) is 11.9. The summed E-state index contributed by atoms with van der Waals surface area (Å²) >= 11 is 0. The maximum atomic E-state index is 10.00. The molecule has 19 heavy (non-hydrogen) atoms. The van der Waals surface area contributed by atoms with Crippen LogP contribution in [0.15, 0.2) is 23.3 Å². The topological polar surface area (TPSA) is 29.5 Å². The maximum absolute atomic E-state index is 10.00. The van der Waals surface area contributed by atoms with Crippen LogP contribution < -0.4 is 0 Å². The summed E-state index contributed by atoms with van der Waals surface area (Å²) in [7, 11) is -1.68. The molecule has 2 nitrogen and oxygen atoms in total. The van der Waals surface area contributed by atoms with E-state index in [0.717, 1.165) is 5.57 Å². The fourth-order valence-corrected chi connectivity index (χ4v) is 2.20. The van der Waals surface area contributed by atoms with E-state index in [1.54, 1.807) is 0 Å². The van der Waals surface area contributed by atoms with Gasteiger partial charge in [0.2, 0.25) is 0 Å². The number of aliphatic hydroxyl groups is 1. The highest BCUT2D eigenvalue weighted by molar-refractivity contribution is 6.74. The second kappa shape index (κ2) is 7.41. The SMILES string of the molecule is CC(C)=CCC(O)/C(C)=C/CO[Si](C)(C)C(C)(C)C. The van der Waals surface area contributed by atoms with Gasteiger partial charge >= 0.3 is 0 Å². The lowest BCUT2D eigenvalue weighted by Gasteiger charge is -2.35. The van der Waals surface area contributed by atoms with Crippen LogP contribution in [0.3, 0.4) is 0 Å². The fraction of sp³-hybridized carbons (Fsp3) is 0.750. The molecular weight excluding hydrogens is 252 g/mol. The molecule has 0 saturated heterocycles. The molecule has 1 unspecified atom stereocenters. The van der Waals surface area contributed by atoms with E-state index < -0.39 is 14.4 Å². The van der Waals surface area contributed by atoms with Crippen molar-refractivity contribution in [2.45, 2.75) is 72.2 Å². The van der Waals surface area contributed by atoms with E-state index in [0.29, 0.717) is 13.0 Å². The van der Waals surface area contributed by atoms with Crippen molar-refractivity contribution >= 4 is 8.32 Å². The van der Waals surface area contributed by atoms with Crippen molar-refractivity contribution in [3.05, 3.63) is 23.3 Å². The summed E-state index contributed by atoms with van der Waals surface area (Å²) < 4.78 is 6.08. The average molecular weight is 285 g/mol. The molecule has 0 aromatic rings. The first-order valence-electron chi connectivity index (χ1n) is 7.09. The van der Waals surface area contributed by atoms with Gasteiger partial charge in [-0.3, -0.25) is 0 Å². The summed E-state index contributed by atoms with van der Waals surface area (Å²) in [5.74, 6) is 0. The molecule has 1 atom stereocenters. The van der Waals surface area contributed by atoms with Crippen LogP contribution in [-0.2, 0) is 4.43 Å². The molecule has 0 aliphatic heterocycles. The first-order valence-corrected chi connectivity index (χ1v) is 10.0. The second-order valence-electron chi connectivity index (χ2n) is 7.05. The van der Waals surface area contributed by atoms with Crippen molar-refractivity contribution < 1.29 is 9.53 Å². The van der Waals surface area contributed by atoms with Gasteiger partial charge in [0, 0.05) is 0 Å². The van der Waals surface area contributed by atoms with Gasteiger partial charge in [0.25, 0.3) is 0 Å². The predicted octanol–water partition coefficient (Wildman–Crippen LogP) is 4.67. The minimum Gasteiger partial charge on any atom is -0.413 e. The highest BCUT2D eigenvalue weighted by Crippen LogP contribution is 2.36. The summed E-state index contributed by atoms with van der Waals surface area (Å²) in [5.41, 5.74) is 2.24. The van der Waals surface area contributed by atoms with E-state index in [1.165, 1.54) is 5.57 Å². The number of allylic oxidation sites excluding steroid dienone is 1. The molecule has 112 valence electrons. The molecule has 0 radical (unpaired) electrons. The average Bonchev–Trinajstić information content (AvgIpc) is 2.23. The Morgan fingerprint density at radius 1 is 1.16 bits per heavy atom. The summed E-state index contributed by atoms with van der Waals surface area (Å²) in [6.45, 7) is 17.9. The van der Waals surface area contributed by atoms with Crippen LogP contribution in [0.2, 0.25) is 18.1 Å². The zero-order valence-corrected chi connectivity index (χ0v) is 15.0. The van der Waals surface area contributed by atoms with Crippen LogP contribution in [0.1, 0.15) is 48.0 Å². The Labute approximate surface area is 120 Å². The molecule has 1 N–H and O–H groups in total. The van der Waals surface area contributed by atoms with E-state index in [4.69, 9.17) is 4.43 Å². The van der Waals surface area contributed by atoms with Crippen LogP contribution in [0.5, 0.6) is 0 Å². The van der Waals surface area contributed by atoms with Crippen molar-refractivity contribution in [2.24, 2.45) is 0 Å². The fourth-order valence-electron chi connectivity index (χ4n) is 1.27.